The summed E-state index contributed by atoms with van der Waals surface area (Å²) in [5.74, 6) is 0. The zero-order chi connectivity index (χ0) is 18.4. The number of nitrogens with zero attached hydrogens (tertiary/aromatic N) is 3. The Labute approximate surface area is 144 Å². The minimum atomic E-state index is -0.827. The molecule has 0 radical (unpaired) electrons. The van der Waals surface area contributed by atoms with Crippen molar-refractivity contribution in [3.05, 3.63) is 64.2 Å². The van der Waals surface area contributed by atoms with Crippen LogP contribution in [0.1, 0.15) is 19.4 Å². The molecule has 0 aliphatic heterocycles. The standard InChI is InChI=1S/C17H18N4O4/c1-17(2,25-16(18)22)11-12-5-3-6-13(9-12)19-20-14-7-4-8-15(10-14)21(23)24/h3-10H,11H2,1-2H3,(H2,18,22). The van der Waals surface area contributed by atoms with E-state index >= 15 is 0 Å². The van der Waals surface area contributed by atoms with Gasteiger partial charge in [-0.2, -0.15) is 10.2 Å². The minimum Gasteiger partial charge on any atom is -0.443 e. The summed E-state index contributed by atoms with van der Waals surface area (Å²) in [6, 6.07) is 13.1. The predicted molar refractivity (Wildman–Crippen MR) is 92.2 cm³/mol. The molecule has 2 N–H and O–H groups in total. The molecule has 0 unspecified atom stereocenters. The number of nitro benzene ring substituents is 1. The quantitative estimate of drug-likeness (QED) is 0.474. The molecule has 0 aliphatic carbocycles. The SMILES string of the molecule is CC(C)(Cc1cccc(N=Nc2cccc([N+](=O)[O-])c2)c1)OC(N)=O. The molecule has 0 spiro atoms. The van der Waals surface area contributed by atoms with Crippen LogP contribution in [-0.2, 0) is 11.2 Å². The summed E-state index contributed by atoms with van der Waals surface area (Å²) in [6.07, 6.45) is -0.373. The highest BCUT2D eigenvalue weighted by Crippen LogP contribution is 2.24. The molecule has 130 valence electrons. The van der Waals surface area contributed by atoms with E-state index in [0.717, 1.165) is 5.56 Å². The molecule has 2 rings (SSSR count). The van der Waals surface area contributed by atoms with E-state index < -0.39 is 16.6 Å². The van der Waals surface area contributed by atoms with Gasteiger partial charge in [0.2, 0.25) is 0 Å². The highest BCUT2D eigenvalue weighted by atomic mass is 16.6. The average Bonchev–Trinajstić information content (AvgIpc) is 2.51. The second-order valence-corrected chi connectivity index (χ2v) is 6.00. The molecular weight excluding hydrogens is 324 g/mol. The van der Waals surface area contributed by atoms with Gasteiger partial charge in [0.15, 0.2) is 0 Å². The van der Waals surface area contributed by atoms with Gasteiger partial charge in [0.1, 0.15) is 5.60 Å². The topological polar surface area (TPSA) is 120 Å². The van der Waals surface area contributed by atoms with Gasteiger partial charge in [-0.3, -0.25) is 10.1 Å². The number of rotatable bonds is 6. The van der Waals surface area contributed by atoms with E-state index in [1.807, 2.05) is 6.07 Å². The van der Waals surface area contributed by atoms with E-state index in [4.69, 9.17) is 10.5 Å². The first-order chi connectivity index (χ1) is 11.7. The summed E-state index contributed by atoms with van der Waals surface area (Å²) in [4.78, 5) is 21.2. The average molecular weight is 342 g/mol. The molecular formula is C17H18N4O4. The molecule has 0 aliphatic rings. The number of ether oxygens (including phenoxy) is 1. The van der Waals surface area contributed by atoms with Crippen molar-refractivity contribution < 1.29 is 14.5 Å². The molecule has 25 heavy (non-hydrogen) atoms. The van der Waals surface area contributed by atoms with Crippen molar-refractivity contribution in [1.29, 1.82) is 0 Å². The Bertz CT molecular complexity index is 818. The van der Waals surface area contributed by atoms with Gasteiger partial charge in [-0.15, -0.1) is 0 Å². The first kappa shape index (κ1) is 18.1. The third kappa shape index (κ3) is 5.69. The number of amides is 1. The number of hydrogen-bond acceptors (Lipinski definition) is 6. The van der Waals surface area contributed by atoms with Gasteiger partial charge in [0.05, 0.1) is 16.3 Å². The van der Waals surface area contributed by atoms with Crippen LogP contribution < -0.4 is 5.73 Å². The largest absolute Gasteiger partial charge is 0.443 e. The van der Waals surface area contributed by atoms with Gasteiger partial charge in [0, 0.05) is 18.6 Å². The minimum absolute atomic E-state index is 0.0458. The van der Waals surface area contributed by atoms with E-state index in [9.17, 15) is 14.9 Å². The number of carbonyl (C=O) groups is 1. The fourth-order valence-electron chi connectivity index (χ4n) is 2.31. The molecule has 0 saturated carbocycles. The van der Waals surface area contributed by atoms with Crippen molar-refractivity contribution in [1.82, 2.24) is 0 Å². The molecule has 0 heterocycles. The first-order valence-electron chi connectivity index (χ1n) is 7.49. The fourth-order valence-corrected chi connectivity index (χ4v) is 2.31. The van der Waals surface area contributed by atoms with Gasteiger partial charge in [-0.1, -0.05) is 18.2 Å². The summed E-state index contributed by atoms with van der Waals surface area (Å²) in [5, 5.41) is 18.9. The Kier molecular flexibility index (Phi) is 5.43. The van der Waals surface area contributed by atoms with Crippen molar-refractivity contribution in [2.24, 2.45) is 16.0 Å². The second-order valence-electron chi connectivity index (χ2n) is 6.00. The van der Waals surface area contributed by atoms with Crippen LogP contribution in [0.25, 0.3) is 0 Å². The monoisotopic (exact) mass is 342 g/mol. The Hall–Kier alpha value is -3.29. The van der Waals surface area contributed by atoms with Crippen LogP contribution in [0.2, 0.25) is 0 Å². The summed E-state index contributed by atoms with van der Waals surface area (Å²) in [5.41, 5.74) is 6.13. The summed E-state index contributed by atoms with van der Waals surface area (Å²) in [7, 11) is 0. The Morgan fingerprint density at radius 2 is 1.76 bits per heavy atom. The number of nitro groups is 1. The number of primary amides is 1. The van der Waals surface area contributed by atoms with Gasteiger partial charge in [-0.05, 0) is 37.6 Å². The van der Waals surface area contributed by atoms with Gasteiger partial charge >= 0.3 is 6.09 Å². The highest BCUT2D eigenvalue weighted by molar-refractivity contribution is 5.65. The molecule has 0 aromatic heterocycles. The Morgan fingerprint density at radius 3 is 2.36 bits per heavy atom. The molecule has 8 nitrogen and oxygen atoms in total. The van der Waals surface area contributed by atoms with Crippen LogP contribution in [0.4, 0.5) is 21.9 Å². The maximum Gasteiger partial charge on any atom is 0.405 e. The van der Waals surface area contributed by atoms with Gasteiger partial charge < -0.3 is 10.5 Å². The summed E-state index contributed by atoms with van der Waals surface area (Å²) in [6.45, 7) is 3.52. The number of non-ortho nitro benzene ring substituents is 1. The molecule has 2 aromatic rings. The lowest BCUT2D eigenvalue weighted by Crippen LogP contribution is -2.33. The number of azo groups is 1. The van der Waals surface area contributed by atoms with E-state index in [0.29, 0.717) is 17.8 Å². The Morgan fingerprint density at radius 1 is 1.16 bits per heavy atom. The maximum absolute atomic E-state index is 10.9. The van der Waals surface area contributed by atoms with Gasteiger partial charge in [-0.25, -0.2) is 4.79 Å². The smallest absolute Gasteiger partial charge is 0.405 e. The van der Waals surface area contributed by atoms with Crippen LogP contribution >= 0.6 is 0 Å². The first-order valence-corrected chi connectivity index (χ1v) is 7.49. The maximum atomic E-state index is 10.9. The molecule has 0 fully saturated rings. The Balaban J connectivity index is 2.15. The van der Waals surface area contributed by atoms with E-state index in [-0.39, 0.29) is 5.69 Å². The van der Waals surface area contributed by atoms with Crippen molar-refractivity contribution in [3.8, 4) is 0 Å². The third-order valence-electron chi connectivity index (χ3n) is 3.24. The van der Waals surface area contributed by atoms with E-state index in [1.54, 1.807) is 44.2 Å². The second kappa shape index (κ2) is 7.52. The highest BCUT2D eigenvalue weighted by Gasteiger charge is 2.22. The van der Waals surface area contributed by atoms with E-state index in [1.165, 1.54) is 12.1 Å². The van der Waals surface area contributed by atoms with Crippen LogP contribution in [-0.4, -0.2) is 16.6 Å². The molecule has 0 saturated heterocycles. The molecule has 0 atom stereocenters. The molecule has 2 aromatic carbocycles. The zero-order valence-electron chi connectivity index (χ0n) is 13.9. The molecule has 1 amide bonds. The number of carbonyl (C=O) groups excluding carboxylic acids is 1. The summed E-state index contributed by atoms with van der Waals surface area (Å²) >= 11 is 0. The lowest BCUT2D eigenvalue weighted by molar-refractivity contribution is -0.384. The lowest BCUT2D eigenvalue weighted by atomic mass is 9.98. The van der Waals surface area contributed by atoms with Crippen LogP contribution in [0.15, 0.2) is 58.8 Å². The zero-order valence-corrected chi connectivity index (χ0v) is 13.9. The van der Waals surface area contributed by atoms with Gasteiger partial charge in [0.25, 0.3) is 5.69 Å². The van der Waals surface area contributed by atoms with Crippen molar-refractivity contribution >= 4 is 23.2 Å². The van der Waals surface area contributed by atoms with Crippen molar-refractivity contribution in [3.63, 3.8) is 0 Å². The molecule has 0 bridgehead atoms. The normalized spacial score (nSPS) is 11.4. The number of nitrogens with two attached hydrogens (primary N) is 1. The summed E-state index contributed by atoms with van der Waals surface area (Å²) < 4.78 is 5.07. The third-order valence-corrected chi connectivity index (χ3v) is 3.24. The number of hydrogen-bond donors (Lipinski definition) is 1. The van der Waals surface area contributed by atoms with Crippen LogP contribution in [0.3, 0.4) is 0 Å². The van der Waals surface area contributed by atoms with Crippen LogP contribution in [0, 0.1) is 10.1 Å². The molecule has 8 heteroatoms. The van der Waals surface area contributed by atoms with E-state index in [2.05, 4.69) is 10.2 Å². The predicted octanol–water partition coefficient (Wildman–Crippen LogP) is 4.43. The number of benzene rings is 2. The van der Waals surface area contributed by atoms with Crippen LogP contribution in [0.5, 0.6) is 0 Å². The van der Waals surface area contributed by atoms with Crippen molar-refractivity contribution in [2.45, 2.75) is 25.9 Å². The van der Waals surface area contributed by atoms with Crippen molar-refractivity contribution in [2.75, 3.05) is 0 Å². The fraction of sp³-hybridized carbons (Fsp3) is 0.235. The lowest BCUT2D eigenvalue weighted by Gasteiger charge is -2.24.